The van der Waals surface area contributed by atoms with Crippen molar-refractivity contribution in [1.29, 1.82) is 0 Å². The number of pyridine rings is 2. The Labute approximate surface area is 369 Å². The molecule has 6 aliphatic heterocycles. The highest BCUT2D eigenvalue weighted by atomic mass is 19.5. The molecule has 0 saturated carbocycles. The molecule has 3 aromatic heterocycles. The number of rotatable bonds is 12. The molecule has 0 radical (unpaired) electrons. The molecule has 10 nitrogen and oxygen atoms in total. The number of piperidine rings is 6. The van der Waals surface area contributed by atoms with E-state index in [1.165, 1.54) is 12.8 Å². The normalized spacial score (nSPS) is 27.2. The van der Waals surface area contributed by atoms with Crippen LogP contribution in [0.3, 0.4) is 0 Å². The number of benzene rings is 3. The maximum atomic E-state index is 17.5. The summed E-state index contributed by atoms with van der Waals surface area (Å²) in [7, 11) is -2.65. The largest absolute Gasteiger partial charge is 0.673 e. The molecule has 0 aliphatic carbocycles. The van der Waals surface area contributed by atoms with Gasteiger partial charge in [-0.3, -0.25) is 14.9 Å². The number of nitrogens with zero attached hydrogens (tertiary/aromatic N) is 6. The van der Waals surface area contributed by atoms with Crippen LogP contribution < -0.4 is 18.9 Å². The van der Waals surface area contributed by atoms with Crippen molar-refractivity contribution in [3.63, 3.8) is 0 Å². The monoisotopic (exact) mass is 884 g/mol. The van der Waals surface area contributed by atoms with Crippen molar-refractivity contribution in [1.82, 2.24) is 25.1 Å². The molecule has 6 aromatic rings. The molecular formula is C48H54BF5N6O4. The van der Waals surface area contributed by atoms with E-state index >= 15 is 4.48 Å². The van der Waals surface area contributed by atoms with Gasteiger partial charge < -0.3 is 36.2 Å². The zero-order valence-corrected chi connectivity index (χ0v) is 36.6. The van der Waals surface area contributed by atoms with Gasteiger partial charge >= 0.3 is 7.25 Å². The predicted molar refractivity (Wildman–Crippen MR) is 236 cm³/mol. The van der Waals surface area contributed by atoms with E-state index in [1.807, 2.05) is 66.9 Å². The van der Waals surface area contributed by atoms with Gasteiger partial charge in [-0.05, 0) is 109 Å². The van der Waals surface area contributed by atoms with Gasteiger partial charge in [0.2, 0.25) is 11.8 Å². The fourth-order valence-corrected chi connectivity index (χ4v) is 11.4. The number of hydrogen-bond donors (Lipinski definition) is 0. The van der Waals surface area contributed by atoms with Gasteiger partial charge in [-0.15, -0.1) is 14.9 Å². The molecule has 8 unspecified atom stereocenters. The minimum absolute atomic E-state index is 0.137. The number of methoxy groups -OCH3 is 2. The lowest BCUT2D eigenvalue weighted by Gasteiger charge is -2.52. The van der Waals surface area contributed by atoms with E-state index < -0.39 is 24.1 Å². The Bertz CT molecular complexity index is 2620. The van der Waals surface area contributed by atoms with Gasteiger partial charge in [-0.2, -0.15) is 0 Å². The van der Waals surface area contributed by atoms with E-state index in [9.17, 15) is 17.3 Å². The van der Waals surface area contributed by atoms with Gasteiger partial charge in [0.05, 0.1) is 42.1 Å². The molecule has 6 saturated heterocycles. The van der Waals surface area contributed by atoms with Gasteiger partial charge in [0.15, 0.2) is 12.1 Å². The standard InChI is InChI=1S/C48H54FN6O4.BF4/c1-5-29-27-54-21-17-31(29)23-43(54)45(35-15-19-50-41-13-11-33(56-3)25-39(35)41)58-47-37-9-7-8-10-38(37)48(53-52-47)59-46(44-24-32-18-22-55(44,49)28-30(32)6-2)36-16-20-51-42-14-12-34(57-4)26-40(36)42;2-1(3,4)5/h7-16,19-20,25-26,29-32,43-46H,5-6,17-18,21-24,27-28H2,1-4H3;/q+1;-1/t29?,30?,31?,32?,43?,44?,45-,46-,55?;/m0./s1. The second-order valence-corrected chi connectivity index (χ2v) is 17.9. The Hall–Kier alpha value is -5.35. The van der Waals surface area contributed by atoms with Gasteiger partial charge in [0, 0.05) is 59.6 Å². The van der Waals surface area contributed by atoms with E-state index in [1.54, 1.807) is 20.4 Å². The summed E-state index contributed by atoms with van der Waals surface area (Å²) < 4.78 is 81.7. The smallest absolute Gasteiger partial charge is 0.497 e. The lowest BCUT2D eigenvalue weighted by molar-refractivity contribution is -1.09. The lowest BCUT2D eigenvalue weighted by atomic mass is 9.72. The summed E-state index contributed by atoms with van der Waals surface area (Å²) in [5.74, 6) is 4.40. The molecule has 338 valence electrons. The maximum absolute atomic E-state index is 17.5. The molecule has 6 aliphatic rings. The topological polar surface area (TPSA) is 91.7 Å². The fourth-order valence-electron chi connectivity index (χ4n) is 11.4. The number of ether oxygens (including phenoxy) is 4. The van der Waals surface area contributed by atoms with Crippen LogP contribution in [0.5, 0.6) is 23.3 Å². The van der Waals surface area contributed by atoms with Gasteiger partial charge in [0.25, 0.3) is 0 Å². The Morgan fingerprint density at radius 2 is 1.25 bits per heavy atom. The van der Waals surface area contributed by atoms with E-state index in [0.717, 1.165) is 88.2 Å². The average molecular weight is 885 g/mol. The molecular weight excluding hydrogens is 830 g/mol. The highest BCUT2D eigenvalue weighted by molar-refractivity contribution is 6.50. The van der Waals surface area contributed by atoms with Gasteiger partial charge in [-0.1, -0.05) is 32.4 Å². The summed E-state index contributed by atoms with van der Waals surface area (Å²) in [6, 6.07) is 23.7. The quantitative estimate of drug-likeness (QED) is 0.0677. The number of hydrogen-bond acceptors (Lipinski definition) is 9. The van der Waals surface area contributed by atoms with Crippen LogP contribution in [0.1, 0.15) is 75.7 Å². The minimum atomic E-state index is -6.00. The second-order valence-electron chi connectivity index (χ2n) is 17.9. The lowest BCUT2D eigenvalue weighted by Crippen LogP contribution is -2.64. The molecule has 3 aromatic carbocycles. The molecule has 0 N–H and O–H groups in total. The Morgan fingerprint density at radius 3 is 1.77 bits per heavy atom. The van der Waals surface area contributed by atoms with Crippen LogP contribution in [-0.2, 0) is 0 Å². The summed E-state index contributed by atoms with van der Waals surface area (Å²) in [6.45, 7) is 7.58. The van der Waals surface area contributed by atoms with Crippen molar-refractivity contribution >= 4 is 39.8 Å². The molecule has 0 amide bonds. The summed E-state index contributed by atoms with van der Waals surface area (Å²) in [4.78, 5) is 12.0. The molecule has 64 heavy (non-hydrogen) atoms. The Balaban J connectivity index is 0.000000984. The van der Waals surface area contributed by atoms with Crippen molar-refractivity contribution < 1.29 is 45.4 Å². The second kappa shape index (κ2) is 17.9. The van der Waals surface area contributed by atoms with Crippen molar-refractivity contribution in [3.8, 4) is 23.3 Å². The third-order valence-corrected chi connectivity index (χ3v) is 14.6. The Kier molecular flexibility index (Phi) is 12.3. The summed E-state index contributed by atoms with van der Waals surface area (Å²) in [5, 5.41) is 13.1. The van der Waals surface area contributed by atoms with Crippen LogP contribution in [0.4, 0.5) is 21.7 Å². The van der Waals surface area contributed by atoms with Crippen molar-refractivity contribution in [2.75, 3.05) is 40.4 Å². The molecule has 0 spiro atoms. The highest BCUT2D eigenvalue weighted by Crippen LogP contribution is 2.50. The predicted octanol–water partition coefficient (Wildman–Crippen LogP) is 10.9. The molecule has 4 bridgehead atoms. The van der Waals surface area contributed by atoms with Crippen molar-refractivity contribution in [2.24, 2.45) is 23.7 Å². The van der Waals surface area contributed by atoms with E-state index in [-0.39, 0.29) is 12.1 Å². The van der Waals surface area contributed by atoms with Gasteiger partial charge in [-0.25, -0.2) is 0 Å². The molecule has 12 rings (SSSR count). The summed E-state index contributed by atoms with van der Waals surface area (Å²) >= 11 is 0. The fraction of sp³-hybridized carbons (Fsp3) is 0.458. The van der Waals surface area contributed by atoms with Crippen LogP contribution in [-0.4, -0.2) is 89.5 Å². The van der Waals surface area contributed by atoms with Crippen LogP contribution in [0.25, 0.3) is 32.6 Å². The highest BCUT2D eigenvalue weighted by Gasteiger charge is 2.57. The van der Waals surface area contributed by atoms with Crippen LogP contribution in [0.15, 0.2) is 85.2 Å². The number of halogens is 5. The minimum Gasteiger partial charge on any atom is -0.497 e. The maximum Gasteiger partial charge on any atom is 0.673 e. The SMILES string of the molecule is CCC1CN2CCC1CC2[C@@H](Oc1nnc(O[C@@H](c2ccnc3ccc(OC)cc23)C2CC3CC[N+]2(F)CC3CC)c2ccccc12)c1ccnc2ccc(OC)cc12.F[B-](F)(F)F. The Morgan fingerprint density at radius 1 is 0.703 bits per heavy atom. The number of quaternary nitrogens is 1. The zero-order chi connectivity index (χ0) is 44.8. The van der Waals surface area contributed by atoms with Gasteiger partial charge in [0.1, 0.15) is 30.7 Å². The first kappa shape index (κ1) is 43.9. The van der Waals surface area contributed by atoms with E-state index in [0.29, 0.717) is 54.3 Å². The van der Waals surface area contributed by atoms with Crippen LogP contribution in [0.2, 0.25) is 0 Å². The summed E-state index contributed by atoms with van der Waals surface area (Å²) in [5.41, 5.74) is 3.60. The van der Waals surface area contributed by atoms with Crippen LogP contribution in [0, 0.1) is 23.7 Å². The molecule has 16 heteroatoms. The third kappa shape index (κ3) is 8.62. The van der Waals surface area contributed by atoms with E-state index in [4.69, 9.17) is 34.1 Å². The third-order valence-electron chi connectivity index (χ3n) is 14.6. The first-order chi connectivity index (χ1) is 30.9. The molecule has 10 atom stereocenters. The number of fused-ring (bicyclic) bond motifs is 9. The zero-order valence-electron chi connectivity index (χ0n) is 36.6. The number of aromatic nitrogens is 4. The van der Waals surface area contributed by atoms with Crippen molar-refractivity contribution in [2.45, 2.75) is 76.7 Å². The van der Waals surface area contributed by atoms with Crippen LogP contribution >= 0.6 is 0 Å². The molecule has 9 heterocycles. The first-order valence-electron chi connectivity index (χ1n) is 22.5. The van der Waals surface area contributed by atoms with E-state index in [2.05, 4.69) is 35.9 Å². The average Bonchev–Trinajstić information content (AvgIpc) is 3.31. The molecule has 6 fully saturated rings. The summed E-state index contributed by atoms with van der Waals surface area (Å²) in [6.07, 6.45) is 8.68. The first-order valence-corrected chi connectivity index (χ1v) is 22.5. The van der Waals surface area contributed by atoms with Crippen molar-refractivity contribution in [3.05, 3.63) is 96.3 Å².